The highest BCUT2D eigenvalue weighted by atomic mass is 16.4. The van der Waals surface area contributed by atoms with Gasteiger partial charge in [-0.2, -0.15) is 0 Å². The molecule has 13 heavy (non-hydrogen) atoms. The van der Waals surface area contributed by atoms with Crippen LogP contribution in [0.15, 0.2) is 24.5 Å². The molecule has 1 aromatic heterocycles. The number of rotatable bonds is 4. The van der Waals surface area contributed by atoms with E-state index in [4.69, 9.17) is 5.11 Å². The van der Waals surface area contributed by atoms with E-state index in [1.54, 1.807) is 6.92 Å². The number of carbonyl (C=O) groups is 1. The van der Waals surface area contributed by atoms with Crippen LogP contribution in [0.2, 0.25) is 0 Å². The quantitative estimate of drug-likeness (QED) is 0.771. The predicted octanol–water partition coefficient (Wildman–Crippen LogP) is 1.99. The van der Waals surface area contributed by atoms with Gasteiger partial charge in [0.2, 0.25) is 0 Å². The second-order valence-electron chi connectivity index (χ2n) is 3.57. The molecule has 1 rings (SSSR count). The first-order valence-electron chi connectivity index (χ1n) is 4.42. The summed E-state index contributed by atoms with van der Waals surface area (Å²) in [6.45, 7) is 4.21. The van der Waals surface area contributed by atoms with Crippen molar-refractivity contribution in [1.29, 1.82) is 0 Å². The lowest BCUT2D eigenvalue weighted by molar-refractivity contribution is -0.149. The van der Waals surface area contributed by atoms with Crippen LogP contribution in [0.3, 0.4) is 0 Å². The largest absolute Gasteiger partial charge is 0.481 e. The maximum atomic E-state index is 11.0. The lowest BCUT2D eigenvalue weighted by Crippen LogP contribution is -2.31. The number of carboxylic acid groups (broad SMARTS) is 1. The summed E-state index contributed by atoms with van der Waals surface area (Å²) in [4.78, 5) is 11.0. The third-order valence-corrected chi connectivity index (χ3v) is 2.49. The van der Waals surface area contributed by atoms with Crippen LogP contribution in [-0.2, 0) is 11.3 Å². The van der Waals surface area contributed by atoms with Gasteiger partial charge in [-0.05, 0) is 25.5 Å². The molecule has 1 atom stereocenters. The van der Waals surface area contributed by atoms with E-state index in [1.807, 2.05) is 36.0 Å². The zero-order chi connectivity index (χ0) is 9.90. The maximum absolute atomic E-state index is 11.0. The molecule has 0 aliphatic rings. The molecule has 72 valence electrons. The number of hydrogen-bond donors (Lipinski definition) is 1. The van der Waals surface area contributed by atoms with Crippen molar-refractivity contribution in [2.24, 2.45) is 5.41 Å². The fourth-order valence-electron chi connectivity index (χ4n) is 1.21. The normalized spacial score (nSPS) is 15.2. The summed E-state index contributed by atoms with van der Waals surface area (Å²) >= 11 is 0. The topological polar surface area (TPSA) is 42.2 Å². The standard InChI is InChI=1S/C10H15NO2/c1-3-10(2,9(12)13)8-11-6-4-5-7-11/h4-7H,3,8H2,1-2H3,(H,12,13). The molecule has 0 aliphatic heterocycles. The van der Waals surface area contributed by atoms with Gasteiger partial charge in [0.15, 0.2) is 0 Å². The second-order valence-corrected chi connectivity index (χ2v) is 3.57. The molecule has 0 aliphatic carbocycles. The molecule has 0 saturated carbocycles. The summed E-state index contributed by atoms with van der Waals surface area (Å²) in [6, 6.07) is 3.80. The molecular weight excluding hydrogens is 166 g/mol. The van der Waals surface area contributed by atoms with Gasteiger partial charge >= 0.3 is 5.97 Å². The van der Waals surface area contributed by atoms with Gasteiger partial charge in [-0.1, -0.05) is 6.92 Å². The molecule has 0 bridgehead atoms. The zero-order valence-electron chi connectivity index (χ0n) is 8.03. The van der Waals surface area contributed by atoms with E-state index in [0.29, 0.717) is 13.0 Å². The summed E-state index contributed by atoms with van der Waals surface area (Å²) in [5, 5.41) is 9.02. The third-order valence-electron chi connectivity index (χ3n) is 2.49. The van der Waals surface area contributed by atoms with Crippen LogP contribution in [0, 0.1) is 5.41 Å². The zero-order valence-corrected chi connectivity index (χ0v) is 8.03. The molecule has 0 saturated heterocycles. The van der Waals surface area contributed by atoms with Crippen LogP contribution in [0.25, 0.3) is 0 Å². The number of carboxylic acids is 1. The Morgan fingerprint density at radius 3 is 2.38 bits per heavy atom. The van der Waals surface area contributed by atoms with E-state index in [0.717, 1.165) is 0 Å². The van der Waals surface area contributed by atoms with Crippen molar-refractivity contribution in [3.05, 3.63) is 24.5 Å². The van der Waals surface area contributed by atoms with Crippen molar-refractivity contribution >= 4 is 5.97 Å². The Hall–Kier alpha value is -1.25. The summed E-state index contributed by atoms with van der Waals surface area (Å²) < 4.78 is 1.90. The Morgan fingerprint density at radius 2 is 2.00 bits per heavy atom. The van der Waals surface area contributed by atoms with Crippen molar-refractivity contribution in [1.82, 2.24) is 4.57 Å². The minimum absolute atomic E-state index is 0.534. The smallest absolute Gasteiger partial charge is 0.311 e. The fourth-order valence-corrected chi connectivity index (χ4v) is 1.21. The summed E-state index contributed by atoms with van der Waals surface area (Å²) in [5.41, 5.74) is -0.654. The van der Waals surface area contributed by atoms with Crippen LogP contribution in [-0.4, -0.2) is 15.6 Å². The van der Waals surface area contributed by atoms with E-state index < -0.39 is 11.4 Å². The Labute approximate surface area is 78.0 Å². The van der Waals surface area contributed by atoms with Crippen LogP contribution < -0.4 is 0 Å². The molecule has 0 fully saturated rings. The molecule has 0 aromatic carbocycles. The average molecular weight is 181 g/mol. The van der Waals surface area contributed by atoms with Crippen LogP contribution >= 0.6 is 0 Å². The highest BCUT2D eigenvalue weighted by Crippen LogP contribution is 2.23. The van der Waals surface area contributed by atoms with Crippen molar-refractivity contribution in [3.63, 3.8) is 0 Å². The summed E-state index contributed by atoms with van der Waals surface area (Å²) in [6.07, 6.45) is 4.41. The number of hydrogen-bond acceptors (Lipinski definition) is 1. The molecule has 1 heterocycles. The molecular formula is C10H15NO2. The van der Waals surface area contributed by atoms with Gasteiger partial charge in [-0.25, -0.2) is 0 Å². The van der Waals surface area contributed by atoms with Gasteiger partial charge in [-0.15, -0.1) is 0 Å². The van der Waals surface area contributed by atoms with Gasteiger partial charge in [-0.3, -0.25) is 4.79 Å². The van der Waals surface area contributed by atoms with E-state index in [1.165, 1.54) is 0 Å². The van der Waals surface area contributed by atoms with Crippen molar-refractivity contribution < 1.29 is 9.90 Å². The molecule has 3 nitrogen and oxygen atoms in total. The highest BCUT2D eigenvalue weighted by Gasteiger charge is 2.31. The lowest BCUT2D eigenvalue weighted by Gasteiger charge is -2.23. The van der Waals surface area contributed by atoms with Gasteiger partial charge in [0.25, 0.3) is 0 Å². The van der Waals surface area contributed by atoms with Gasteiger partial charge < -0.3 is 9.67 Å². The van der Waals surface area contributed by atoms with E-state index in [2.05, 4.69) is 0 Å². The van der Waals surface area contributed by atoms with Gasteiger partial charge in [0.1, 0.15) is 0 Å². The number of aliphatic carboxylic acids is 1. The summed E-state index contributed by atoms with van der Waals surface area (Å²) in [5.74, 6) is -0.733. The molecule has 1 unspecified atom stereocenters. The van der Waals surface area contributed by atoms with Crippen molar-refractivity contribution in [2.75, 3.05) is 0 Å². The molecule has 0 amide bonds. The minimum Gasteiger partial charge on any atom is -0.481 e. The first-order valence-corrected chi connectivity index (χ1v) is 4.42. The minimum atomic E-state index is -0.733. The van der Waals surface area contributed by atoms with Crippen LogP contribution in [0.5, 0.6) is 0 Å². The third kappa shape index (κ3) is 2.11. The predicted molar refractivity (Wildman–Crippen MR) is 50.5 cm³/mol. The summed E-state index contributed by atoms with van der Waals surface area (Å²) in [7, 11) is 0. The maximum Gasteiger partial charge on any atom is 0.311 e. The highest BCUT2D eigenvalue weighted by molar-refractivity contribution is 5.73. The first-order chi connectivity index (χ1) is 6.08. The first kappa shape index (κ1) is 9.84. The van der Waals surface area contributed by atoms with E-state index in [9.17, 15) is 4.79 Å². The van der Waals surface area contributed by atoms with Crippen molar-refractivity contribution in [2.45, 2.75) is 26.8 Å². The van der Waals surface area contributed by atoms with E-state index in [-0.39, 0.29) is 0 Å². The second kappa shape index (κ2) is 3.64. The number of aromatic nitrogens is 1. The molecule has 1 aromatic rings. The molecule has 1 N–H and O–H groups in total. The fraction of sp³-hybridized carbons (Fsp3) is 0.500. The number of nitrogens with zero attached hydrogens (tertiary/aromatic N) is 1. The molecule has 3 heteroatoms. The SMILES string of the molecule is CCC(C)(Cn1cccc1)C(=O)O. The molecule has 0 radical (unpaired) electrons. The van der Waals surface area contributed by atoms with Crippen LogP contribution in [0.4, 0.5) is 0 Å². The van der Waals surface area contributed by atoms with Gasteiger partial charge in [0.05, 0.1) is 5.41 Å². The monoisotopic (exact) mass is 181 g/mol. The molecule has 0 spiro atoms. The Bertz CT molecular complexity index is 279. The Morgan fingerprint density at radius 1 is 1.46 bits per heavy atom. The average Bonchev–Trinajstić information content (AvgIpc) is 2.56. The lowest BCUT2D eigenvalue weighted by atomic mass is 9.88. The van der Waals surface area contributed by atoms with Crippen molar-refractivity contribution in [3.8, 4) is 0 Å². The Balaban J connectivity index is 2.75. The van der Waals surface area contributed by atoms with Gasteiger partial charge in [0, 0.05) is 18.9 Å². The van der Waals surface area contributed by atoms with Crippen LogP contribution in [0.1, 0.15) is 20.3 Å². The van der Waals surface area contributed by atoms with E-state index >= 15 is 0 Å². The Kier molecular flexibility index (Phi) is 2.76.